The van der Waals surface area contributed by atoms with Gasteiger partial charge in [0, 0.05) is 13.2 Å². The van der Waals surface area contributed by atoms with E-state index in [0.29, 0.717) is 0 Å². The van der Waals surface area contributed by atoms with Crippen molar-refractivity contribution in [3.8, 4) is 0 Å². The molecule has 0 spiro atoms. The first-order valence-corrected chi connectivity index (χ1v) is 6.39. The molecule has 1 aromatic rings. The van der Waals surface area contributed by atoms with Crippen LogP contribution in [-0.4, -0.2) is 30.4 Å². The molecule has 0 amide bonds. The molecule has 0 fully saturated rings. The van der Waals surface area contributed by atoms with Crippen LogP contribution in [-0.2, 0) is 29.6 Å². The molecule has 1 atom stereocenters. The summed E-state index contributed by atoms with van der Waals surface area (Å²) in [5.41, 5.74) is 0.158. The molecule has 0 aliphatic carbocycles. The van der Waals surface area contributed by atoms with Gasteiger partial charge >= 0.3 is 6.16 Å². The Kier molecular flexibility index (Phi) is 6.55. The van der Waals surface area contributed by atoms with Crippen LogP contribution in [0.4, 0.5) is 4.79 Å². The van der Waals surface area contributed by atoms with Gasteiger partial charge in [-0.25, -0.2) is 4.79 Å². The fourth-order valence-corrected chi connectivity index (χ4v) is 1.52. The minimum atomic E-state index is -1.61. The average molecular weight is 310 g/mol. The number of rotatable bonds is 8. The summed E-state index contributed by atoms with van der Waals surface area (Å²) in [6.07, 6.45) is -1.21. The van der Waals surface area contributed by atoms with E-state index in [-0.39, 0.29) is 0 Å². The Morgan fingerprint density at radius 1 is 1.23 bits per heavy atom. The molecule has 7 heteroatoms. The minimum absolute atomic E-state index is 0.729. The van der Waals surface area contributed by atoms with E-state index in [1.807, 2.05) is 30.3 Å². The molecule has 0 aromatic heterocycles. The van der Waals surface area contributed by atoms with E-state index < -0.39 is 23.8 Å². The van der Waals surface area contributed by atoms with Gasteiger partial charge in [0.05, 0.1) is 0 Å². The maximum absolute atomic E-state index is 11.6. The van der Waals surface area contributed by atoms with Gasteiger partial charge in [0.25, 0.3) is 6.29 Å². The number of ether oxygens (including phenoxy) is 2. The maximum atomic E-state index is 11.6. The minimum Gasteiger partial charge on any atom is -0.450 e. The van der Waals surface area contributed by atoms with E-state index in [1.54, 1.807) is 13.8 Å². The van der Waals surface area contributed by atoms with Crippen LogP contribution in [0, 0.1) is 0 Å². The Morgan fingerprint density at radius 2 is 1.86 bits per heavy atom. The molecular formula is C15H18O7. The van der Waals surface area contributed by atoms with Crippen LogP contribution in [0.25, 0.3) is 0 Å². The van der Waals surface area contributed by atoms with Crippen molar-refractivity contribution in [2.45, 2.75) is 25.7 Å². The summed E-state index contributed by atoms with van der Waals surface area (Å²) in [6.45, 7) is 3.59. The summed E-state index contributed by atoms with van der Waals surface area (Å²) in [5.74, 6) is -0.731. The molecule has 0 bridgehead atoms. The third-order valence-electron chi connectivity index (χ3n) is 2.67. The van der Waals surface area contributed by atoms with E-state index in [2.05, 4.69) is 9.47 Å². The Bertz CT molecular complexity index is 522. The highest BCUT2D eigenvalue weighted by Crippen LogP contribution is 2.24. The average Bonchev–Trinajstić information content (AvgIpc) is 2.49. The molecule has 0 aliphatic heterocycles. The zero-order chi connectivity index (χ0) is 16.6. The predicted molar refractivity (Wildman–Crippen MR) is 75.7 cm³/mol. The summed E-state index contributed by atoms with van der Waals surface area (Å²) in [6, 6.07) is 9.37. The first-order valence-electron chi connectivity index (χ1n) is 6.39. The molecule has 0 saturated carbocycles. The lowest BCUT2D eigenvalue weighted by molar-refractivity contribution is -0.321. The van der Waals surface area contributed by atoms with Crippen molar-refractivity contribution in [3.63, 3.8) is 0 Å². The van der Waals surface area contributed by atoms with Crippen molar-refractivity contribution in [2.75, 3.05) is 7.11 Å². The smallest absolute Gasteiger partial charge is 0.450 e. The third kappa shape index (κ3) is 5.55. The Balaban J connectivity index is 2.52. The fraction of sp³-hybridized carbons (Fsp3) is 0.333. The quantitative estimate of drug-likeness (QED) is 0.197. The molecule has 1 unspecified atom stereocenters. The zero-order valence-electron chi connectivity index (χ0n) is 12.5. The second-order valence-corrected chi connectivity index (χ2v) is 4.71. The van der Waals surface area contributed by atoms with Gasteiger partial charge in [-0.1, -0.05) is 30.3 Å². The molecule has 0 aliphatic rings. The van der Waals surface area contributed by atoms with Gasteiger partial charge in [-0.3, -0.25) is 4.79 Å². The van der Waals surface area contributed by atoms with E-state index in [1.165, 1.54) is 0 Å². The molecule has 120 valence electrons. The Labute approximate surface area is 128 Å². The zero-order valence-corrected chi connectivity index (χ0v) is 12.5. The molecular weight excluding hydrogens is 292 g/mol. The lowest BCUT2D eigenvalue weighted by atomic mass is 9.99. The van der Waals surface area contributed by atoms with Crippen molar-refractivity contribution >= 4 is 11.9 Å². The largest absolute Gasteiger partial charge is 0.508 e. The number of carbonyl (C=O) groups is 2. The van der Waals surface area contributed by atoms with E-state index in [0.717, 1.165) is 25.0 Å². The number of hydrogen-bond donors (Lipinski definition) is 1. The highest BCUT2D eigenvalue weighted by atomic mass is 17.2. The maximum Gasteiger partial charge on any atom is 0.508 e. The normalized spacial score (nSPS) is 12.9. The summed E-state index contributed by atoms with van der Waals surface area (Å²) < 4.78 is 8.82. The third-order valence-corrected chi connectivity index (χ3v) is 2.67. The lowest BCUT2D eigenvalue weighted by Gasteiger charge is -2.22. The van der Waals surface area contributed by atoms with Gasteiger partial charge in [-0.15, -0.1) is 0 Å². The van der Waals surface area contributed by atoms with Crippen LogP contribution in [0.1, 0.15) is 19.4 Å². The van der Waals surface area contributed by atoms with E-state index in [4.69, 9.17) is 14.9 Å². The van der Waals surface area contributed by atoms with Gasteiger partial charge in [-0.05, 0) is 19.4 Å². The summed E-state index contributed by atoms with van der Waals surface area (Å²) in [5, 5.41) is 8.43. The number of benzene rings is 1. The van der Waals surface area contributed by atoms with Gasteiger partial charge in [0.15, 0.2) is 0 Å². The number of ketones is 1. The topological polar surface area (TPSA) is 91.3 Å². The van der Waals surface area contributed by atoms with Crippen molar-refractivity contribution in [2.24, 2.45) is 0 Å². The molecule has 22 heavy (non-hydrogen) atoms. The lowest BCUT2D eigenvalue weighted by Crippen LogP contribution is -2.27. The van der Waals surface area contributed by atoms with E-state index in [9.17, 15) is 9.59 Å². The second kappa shape index (κ2) is 8.16. The van der Waals surface area contributed by atoms with E-state index >= 15 is 0 Å². The summed E-state index contributed by atoms with van der Waals surface area (Å²) >= 11 is 0. The van der Waals surface area contributed by atoms with Crippen LogP contribution in [0.15, 0.2) is 42.7 Å². The van der Waals surface area contributed by atoms with Crippen molar-refractivity contribution < 1.29 is 33.9 Å². The standard InChI is InChI=1S/C15H18O7/c1-15(2,11-7-5-4-6-8-11)22-20-10-9-12(16)13(19-3)21-14(17)18/h4-10,13H,1-3H3,(H,17,18). The van der Waals surface area contributed by atoms with Gasteiger partial charge in [0.2, 0.25) is 5.78 Å². The molecule has 1 aromatic carbocycles. The summed E-state index contributed by atoms with van der Waals surface area (Å²) in [4.78, 5) is 32.0. The van der Waals surface area contributed by atoms with Crippen LogP contribution in [0.3, 0.4) is 0 Å². The van der Waals surface area contributed by atoms with Crippen LogP contribution in [0.2, 0.25) is 0 Å². The number of hydrogen-bond acceptors (Lipinski definition) is 6. The number of carboxylic acid groups (broad SMARTS) is 1. The monoisotopic (exact) mass is 310 g/mol. The SMILES string of the molecule is COC(OC(=O)O)C(=O)C=COOC(C)(C)c1ccccc1. The number of methoxy groups -OCH3 is 1. The first kappa shape index (κ1) is 17.7. The van der Waals surface area contributed by atoms with Crippen LogP contribution < -0.4 is 0 Å². The van der Waals surface area contributed by atoms with Crippen LogP contribution >= 0.6 is 0 Å². The summed E-state index contributed by atoms with van der Waals surface area (Å²) in [7, 11) is 1.15. The second-order valence-electron chi connectivity index (χ2n) is 4.71. The van der Waals surface area contributed by atoms with Gasteiger partial charge < -0.3 is 19.5 Å². The molecule has 1 rings (SSSR count). The van der Waals surface area contributed by atoms with Crippen molar-refractivity contribution in [1.82, 2.24) is 0 Å². The molecule has 0 saturated heterocycles. The Morgan fingerprint density at radius 3 is 2.41 bits per heavy atom. The van der Waals surface area contributed by atoms with Crippen molar-refractivity contribution in [1.29, 1.82) is 0 Å². The van der Waals surface area contributed by atoms with Crippen LogP contribution in [0.5, 0.6) is 0 Å². The van der Waals surface area contributed by atoms with Gasteiger partial charge in [0.1, 0.15) is 11.9 Å². The Hall–Kier alpha value is -2.38. The highest BCUT2D eigenvalue weighted by Gasteiger charge is 2.23. The molecule has 0 heterocycles. The van der Waals surface area contributed by atoms with Crippen molar-refractivity contribution in [3.05, 3.63) is 48.2 Å². The first-order chi connectivity index (χ1) is 10.4. The fourth-order valence-electron chi connectivity index (χ4n) is 1.52. The van der Waals surface area contributed by atoms with Gasteiger partial charge in [-0.2, -0.15) is 4.89 Å². The molecule has 1 N–H and O–H groups in total. The highest BCUT2D eigenvalue weighted by molar-refractivity contribution is 5.93. The number of carbonyl (C=O) groups excluding carboxylic acids is 1. The molecule has 0 radical (unpaired) electrons. The molecule has 7 nitrogen and oxygen atoms in total. The predicted octanol–water partition coefficient (Wildman–Crippen LogP) is 2.62.